The van der Waals surface area contributed by atoms with Crippen LogP contribution >= 0.6 is 0 Å². The largest absolute Gasteiger partial charge is 0.379 e. The second-order valence-electron chi connectivity index (χ2n) is 3.36. The van der Waals surface area contributed by atoms with E-state index in [9.17, 15) is 0 Å². The molecule has 0 radical (unpaired) electrons. The third-order valence-corrected chi connectivity index (χ3v) is 2.17. The molecule has 1 nitrogen and oxygen atoms in total. The van der Waals surface area contributed by atoms with Crippen LogP contribution in [0, 0.1) is 0 Å². The second kappa shape index (κ2) is 6.25. The molecule has 0 heterocycles. The zero-order valence-electron chi connectivity index (χ0n) is 9.03. The first-order chi connectivity index (χ1) is 6.86. The molecule has 0 spiro atoms. The number of nitrogens with one attached hydrogen (secondary N) is 1. The van der Waals surface area contributed by atoms with Crippen molar-refractivity contribution in [2.24, 2.45) is 0 Å². The van der Waals surface area contributed by atoms with Gasteiger partial charge < -0.3 is 5.32 Å². The van der Waals surface area contributed by atoms with Gasteiger partial charge >= 0.3 is 0 Å². The van der Waals surface area contributed by atoms with Gasteiger partial charge in [-0.25, -0.2) is 0 Å². The minimum absolute atomic E-state index is 0.456. The molecule has 1 aromatic carbocycles. The summed E-state index contributed by atoms with van der Waals surface area (Å²) in [7, 11) is 0. The molecule has 0 saturated carbocycles. The van der Waals surface area contributed by atoms with Gasteiger partial charge in [-0.05, 0) is 25.0 Å². The number of allylic oxidation sites excluding steroid dienone is 1. The highest BCUT2D eigenvalue weighted by atomic mass is 14.9. The maximum Gasteiger partial charge on any atom is 0.0441 e. The highest BCUT2D eigenvalue weighted by Gasteiger charge is 1.99. The zero-order chi connectivity index (χ0) is 10.2. The highest BCUT2D eigenvalue weighted by molar-refractivity contribution is 5.44. The van der Waals surface area contributed by atoms with Gasteiger partial charge in [-0.1, -0.05) is 44.2 Å². The van der Waals surface area contributed by atoms with Gasteiger partial charge in [-0.3, -0.25) is 0 Å². The number of hydrogen-bond donors (Lipinski definition) is 1. The molecule has 0 saturated heterocycles. The average Bonchev–Trinajstić information content (AvgIpc) is 2.25. The van der Waals surface area contributed by atoms with E-state index in [0.717, 1.165) is 12.8 Å². The number of rotatable bonds is 5. The maximum atomic E-state index is 3.48. The molecule has 14 heavy (non-hydrogen) atoms. The summed E-state index contributed by atoms with van der Waals surface area (Å²) in [6.07, 6.45) is 6.68. The molecule has 0 aliphatic heterocycles. The Morgan fingerprint density at radius 1 is 1.21 bits per heavy atom. The summed E-state index contributed by atoms with van der Waals surface area (Å²) in [5.41, 5.74) is 1.19. The molecule has 1 N–H and O–H groups in total. The standard InChI is InChI=1S/C13H19N/c1-3-5-9-12(4-2)14-13-10-7-6-8-11-13/h5-12,14H,3-4H2,1-2H3/b9-5+. The summed E-state index contributed by atoms with van der Waals surface area (Å²) in [5, 5.41) is 3.48. The SMILES string of the molecule is CC/C=C/C(CC)Nc1ccccc1. The fourth-order valence-electron chi connectivity index (χ4n) is 1.34. The van der Waals surface area contributed by atoms with Gasteiger partial charge in [0.1, 0.15) is 0 Å². The van der Waals surface area contributed by atoms with E-state index < -0.39 is 0 Å². The maximum absolute atomic E-state index is 3.48. The third kappa shape index (κ3) is 3.65. The van der Waals surface area contributed by atoms with Gasteiger partial charge in [-0.15, -0.1) is 0 Å². The summed E-state index contributed by atoms with van der Waals surface area (Å²) in [6.45, 7) is 4.35. The Kier molecular flexibility index (Phi) is 4.84. The lowest BCUT2D eigenvalue weighted by atomic mass is 10.2. The molecule has 0 fully saturated rings. The van der Waals surface area contributed by atoms with Crippen LogP contribution in [0.25, 0.3) is 0 Å². The van der Waals surface area contributed by atoms with Crippen LogP contribution < -0.4 is 5.32 Å². The van der Waals surface area contributed by atoms with E-state index in [-0.39, 0.29) is 0 Å². The summed E-state index contributed by atoms with van der Waals surface area (Å²) >= 11 is 0. The summed E-state index contributed by atoms with van der Waals surface area (Å²) < 4.78 is 0. The fraction of sp³-hybridized carbons (Fsp3) is 0.385. The van der Waals surface area contributed by atoms with Crippen LogP contribution in [0.15, 0.2) is 42.5 Å². The van der Waals surface area contributed by atoms with Gasteiger partial charge in [0.25, 0.3) is 0 Å². The molecule has 1 atom stereocenters. The predicted molar refractivity (Wildman–Crippen MR) is 63.6 cm³/mol. The van der Waals surface area contributed by atoms with Crippen molar-refractivity contribution in [1.82, 2.24) is 0 Å². The lowest BCUT2D eigenvalue weighted by molar-refractivity contribution is 0.829. The van der Waals surface area contributed by atoms with Gasteiger partial charge in [0, 0.05) is 11.7 Å². The predicted octanol–water partition coefficient (Wildman–Crippen LogP) is 3.84. The monoisotopic (exact) mass is 189 g/mol. The molecule has 0 aromatic heterocycles. The van der Waals surface area contributed by atoms with Gasteiger partial charge in [0.05, 0.1) is 0 Å². The number of benzene rings is 1. The van der Waals surface area contributed by atoms with Crippen molar-refractivity contribution in [2.45, 2.75) is 32.7 Å². The Labute approximate surface area is 86.8 Å². The van der Waals surface area contributed by atoms with E-state index in [1.165, 1.54) is 5.69 Å². The molecule has 76 valence electrons. The van der Waals surface area contributed by atoms with Crippen molar-refractivity contribution < 1.29 is 0 Å². The molecule has 1 heteroatoms. The van der Waals surface area contributed by atoms with Crippen LogP contribution in [0.1, 0.15) is 26.7 Å². The first-order valence-electron chi connectivity index (χ1n) is 5.35. The molecule has 1 aromatic rings. The van der Waals surface area contributed by atoms with Gasteiger partial charge in [0.2, 0.25) is 0 Å². The Bertz CT molecular complexity index is 264. The van der Waals surface area contributed by atoms with Gasteiger partial charge in [0.15, 0.2) is 0 Å². The minimum atomic E-state index is 0.456. The van der Waals surface area contributed by atoms with Crippen molar-refractivity contribution in [3.8, 4) is 0 Å². The van der Waals surface area contributed by atoms with Crippen molar-refractivity contribution in [2.75, 3.05) is 5.32 Å². The molecule has 0 amide bonds. The van der Waals surface area contributed by atoms with Gasteiger partial charge in [-0.2, -0.15) is 0 Å². The number of hydrogen-bond acceptors (Lipinski definition) is 1. The molecule has 0 aliphatic carbocycles. The van der Waals surface area contributed by atoms with Crippen LogP contribution in [-0.4, -0.2) is 6.04 Å². The first kappa shape index (κ1) is 10.8. The highest BCUT2D eigenvalue weighted by Crippen LogP contribution is 2.09. The van der Waals surface area contributed by atoms with E-state index in [1.807, 2.05) is 6.07 Å². The van der Waals surface area contributed by atoms with Crippen LogP contribution in [0.3, 0.4) is 0 Å². The summed E-state index contributed by atoms with van der Waals surface area (Å²) in [5.74, 6) is 0. The first-order valence-corrected chi connectivity index (χ1v) is 5.35. The number of anilines is 1. The van der Waals surface area contributed by atoms with E-state index in [2.05, 4.69) is 55.6 Å². The third-order valence-electron chi connectivity index (χ3n) is 2.17. The topological polar surface area (TPSA) is 12.0 Å². The normalized spacial score (nSPS) is 13.0. The molecule has 1 unspecified atom stereocenters. The van der Waals surface area contributed by atoms with Crippen LogP contribution in [0.4, 0.5) is 5.69 Å². The zero-order valence-corrected chi connectivity index (χ0v) is 9.03. The lowest BCUT2D eigenvalue weighted by Gasteiger charge is -2.13. The second-order valence-corrected chi connectivity index (χ2v) is 3.36. The van der Waals surface area contributed by atoms with Crippen molar-refractivity contribution >= 4 is 5.69 Å². The van der Waals surface area contributed by atoms with E-state index >= 15 is 0 Å². The molecule has 0 bridgehead atoms. The van der Waals surface area contributed by atoms with Crippen molar-refractivity contribution in [3.05, 3.63) is 42.5 Å². The lowest BCUT2D eigenvalue weighted by Crippen LogP contribution is -2.14. The quantitative estimate of drug-likeness (QED) is 0.694. The molecular formula is C13H19N. The van der Waals surface area contributed by atoms with Crippen molar-refractivity contribution in [3.63, 3.8) is 0 Å². The Hall–Kier alpha value is -1.24. The Morgan fingerprint density at radius 3 is 2.50 bits per heavy atom. The van der Waals surface area contributed by atoms with Crippen LogP contribution in [0.2, 0.25) is 0 Å². The Balaban J connectivity index is 2.53. The summed E-state index contributed by atoms with van der Waals surface area (Å²) in [4.78, 5) is 0. The fourth-order valence-corrected chi connectivity index (χ4v) is 1.34. The molecular weight excluding hydrogens is 170 g/mol. The Morgan fingerprint density at radius 2 is 1.93 bits per heavy atom. The minimum Gasteiger partial charge on any atom is -0.379 e. The van der Waals surface area contributed by atoms with Crippen LogP contribution in [0.5, 0.6) is 0 Å². The smallest absolute Gasteiger partial charge is 0.0441 e. The van der Waals surface area contributed by atoms with E-state index in [4.69, 9.17) is 0 Å². The number of para-hydroxylation sites is 1. The van der Waals surface area contributed by atoms with Crippen LogP contribution in [-0.2, 0) is 0 Å². The van der Waals surface area contributed by atoms with E-state index in [0.29, 0.717) is 6.04 Å². The molecule has 1 rings (SSSR count). The average molecular weight is 189 g/mol. The van der Waals surface area contributed by atoms with Crippen molar-refractivity contribution in [1.29, 1.82) is 0 Å². The molecule has 0 aliphatic rings. The van der Waals surface area contributed by atoms with E-state index in [1.54, 1.807) is 0 Å². The summed E-state index contributed by atoms with van der Waals surface area (Å²) in [6, 6.07) is 10.8.